The predicted octanol–water partition coefficient (Wildman–Crippen LogP) is 2.29. The van der Waals surface area contributed by atoms with Gasteiger partial charge in [0.25, 0.3) is 5.56 Å². The maximum Gasteiger partial charge on any atom is 0.332 e. The molecule has 0 bridgehead atoms. The predicted molar refractivity (Wildman–Crippen MR) is 125 cm³/mol. The van der Waals surface area contributed by atoms with Crippen LogP contribution in [0.4, 0.5) is 10.1 Å². The minimum absolute atomic E-state index is 0.0139. The monoisotopic (exact) mass is 462 g/mol. The molecule has 0 spiro atoms. The lowest BCUT2D eigenvalue weighted by Crippen LogP contribution is -2.50. The van der Waals surface area contributed by atoms with Crippen LogP contribution >= 0.6 is 0 Å². The number of hydrogen-bond donors (Lipinski definition) is 0. The number of fused-ring (bicyclic) bond motifs is 1. The molecular weight excluding hydrogens is 439 g/mol. The van der Waals surface area contributed by atoms with Gasteiger partial charge in [0.1, 0.15) is 18.1 Å². The second-order valence-electron chi connectivity index (χ2n) is 8.20. The number of hydrogen-bond acceptors (Lipinski definition) is 5. The van der Waals surface area contributed by atoms with Gasteiger partial charge in [-0.2, -0.15) is 0 Å². The van der Waals surface area contributed by atoms with Gasteiger partial charge in [0.2, 0.25) is 5.91 Å². The molecular formula is C25H23FN4O4. The van der Waals surface area contributed by atoms with Crippen molar-refractivity contribution in [1.82, 2.24) is 14.0 Å². The second-order valence-corrected chi connectivity index (χ2v) is 8.20. The number of rotatable bonds is 5. The van der Waals surface area contributed by atoms with E-state index in [1.165, 1.54) is 23.0 Å². The first-order valence-corrected chi connectivity index (χ1v) is 11.0. The van der Waals surface area contributed by atoms with Crippen molar-refractivity contribution >= 4 is 22.5 Å². The first-order valence-electron chi connectivity index (χ1n) is 11.0. The van der Waals surface area contributed by atoms with E-state index in [4.69, 9.17) is 4.42 Å². The summed E-state index contributed by atoms with van der Waals surface area (Å²) in [7, 11) is 0. The molecule has 4 aromatic rings. The first kappa shape index (κ1) is 21.7. The molecule has 8 nitrogen and oxygen atoms in total. The Labute approximate surface area is 194 Å². The van der Waals surface area contributed by atoms with Crippen molar-refractivity contribution in [3.05, 3.63) is 99.3 Å². The first-order chi connectivity index (χ1) is 16.5. The lowest BCUT2D eigenvalue weighted by molar-refractivity contribution is -0.132. The fourth-order valence-corrected chi connectivity index (χ4v) is 4.32. The largest absolute Gasteiger partial charge is 0.467 e. The van der Waals surface area contributed by atoms with Gasteiger partial charge >= 0.3 is 5.69 Å². The van der Waals surface area contributed by atoms with Gasteiger partial charge in [-0.1, -0.05) is 12.1 Å². The van der Waals surface area contributed by atoms with Gasteiger partial charge in [0, 0.05) is 31.9 Å². The molecule has 5 rings (SSSR count). The van der Waals surface area contributed by atoms with E-state index in [1.807, 2.05) is 0 Å². The molecule has 3 heterocycles. The minimum Gasteiger partial charge on any atom is -0.467 e. The third kappa shape index (κ3) is 4.12. The van der Waals surface area contributed by atoms with Gasteiger partial charge in [0.15, 0.2) is 0 Å². The summed E-state index contributed by atoms with van der Waals surface area (Å²) >= 11 is 0. The molecule has 9 heteroatoms. The number of amides is 1. The van der Waals surface area contributed by atoms with E-state index in [0.29, 0.717) is 42.8 Å². The summed E-state index contributed by atoms with van der Waals surface area (Å²) in [6, 6.07) is 16.5. The van der Waals surface area contributed by atoms with E-state index in [1.54, 1.807) is 53.4 Å². The maximum atomic E-state index is 13.3. The van der Waals surface area contributed by atoms with Crippen molar-refractivity contribution in [2.75, 3.05) is 31.1 Å². The van der Waals surface area contributed by atoms with Crippen LogP contribution in [0.3, 0.4) is 0 Å². The molecule has 0 atom stereocenters. The molecule has 0 radical (unpaired) electrons. The average molecular weight is 462 g/mol. The van der Waals surface area contributed by atoms with E-state index in [-0.39, 0.29) is 24.8 Å². The number of carbonyl (C=O) groups is 1. The summed E-state index contributed by atoms with van der Waals surface area (Å²) in [6.07, 6.45) is 1.48. The molecule has 1 aliphatic heterocycles. The second kappa shape index (κ2) is 9.01. The van der Waals surface area contributed by atoms with Crippen molar-refractivity contribution in [3.63, 3.8) is 0 Å². The number of halogens is 1. The summed E-state index contributed by atoms with van der Waals surface area (Å²) in [6.45, 7) is 1.98. The highest BCUT2D eigenvalue weighted by molar-refractivity contribution is 5.82. The van der Waals surface area contributed by atoms with E-state index < -0.39 is 11.2 Å². The van der Waals surface area contributed by atoms with Crippen molar-refractivity contribution in [3.8, 4) is 0 Å². The molecule has 1 fully saturated rings. The Balaban J connectivity index is 1.39. The van der Waals surface area contributed by atoms with E-state index >= 15 is 0 Å². The molecule has 0 N–H and O–H groups in total. The van der Waals surface area contributed by atoms with Gasteiger partial charge < -0.3 is 14.2 Å². The average Bonchev–Trinajstić information content (AvgIpc) is 3.38. The zero-order valence-corrected chi connectivity index (χ0v) is 18.4. The highest BCUT2D eigenvalue weighted by Gasteiger charge is 2.23. The maximum absolute atomic E-state index is 13.3. The van der Waals surface area contributed by atoms with Crippen molar-refractivity contribution in [2.24, 2.45) is 0 Å². The summed E-state index contributed by atoms with van der Waals surface area (Å²) in [5, 5.41) is 0.364. The fourth-order valence-electron chi connectivity index (χ4n) is 4.32. The van der Waals surface area contributed by atoms with Crippen molar-refractivity contribution in [1.29, 1.82) is 0 Å². The van der Waals surface area contributed by atoms with Gasteiger partial charge in [-0.25, -0.2) is 9.18 Å². The SMILES string of the molecule is O=C(Cn1c(=O)n(Cc2ccco2)c(=O)c2ccccc21)N1CCN(c2ccc(F)cc2)CC1. The summed E-state index contributed by atoms with van der Waals surface area (Å²) in [5.74, 6) is -0.0119. The number of benzene rings is 2. The Hall–Kier alpha value is -4.14. The highest BCUT2D eigenvalue weighted by Crippen LogP contribution is 2.17. The van der Waals surface area contributed by atoms with Crippen LogP contribution in [0.2, 0.25) is 0 Å². The van der Waals surface area contributed by atoms with Crippen LogP contribution in [0, 0.1) is 5.82 Å². The number of carbonyl (C=O) groups excluding carboxylic acids is 1. The minimum atomic E-state index is -0.557. The van der Waals surface area contributed by atoms with Crippen LogP contribution in [0.5, 0.6) is 0 Å². The van der Waals surface area contributed by atoms with Crippen LogP contribution in [0.15, 0.2) is 80.9 Å². The Morgan fingerprint density at radius 1 is 0.882 bits per heavy atom. The highest BCUT2D eigenvalue weighted by atomic mass is 19.1. The van der Waals surface area contributed by atoms with Gasteiger partial charge in [-0.05, 0) is 48.5 Å². The number of para-hydroxylation sites is 1. The molecule has 0 saturated carbocycles. The molecule has 1 amide bonds. The van der Waals surface area contributed by atoms with Crippen LogP contribution in [-0.2, 0) is 17.9 Å². The topological polar surface area (TPSA) is 80.7 Å². The number of nitrogens with zero attached hydrogens (tertiary/aromatic N) is 4. The Kier molecular flexibility index (Phi) is 5.75. The van der Waals surface area contributed by atoms with Crippen LogP contribution in [0.1, 0.15) is 5.76 Å². The van der Waals surface area contributed by atoms with E-state index in [9.17, 15) is 18.8 Å². The Morgan fingerprint density at radius 2 is 1.62 bits per heavy atom. The standard InChI is InChI=1S/C25H23FN4O4/c26-18-7-9-19(10-8-18)27-11-13-28(14-12-27)23(31)17-29-22-6-2-1-5-21(22)24(32)30(25(29)33)16-20-4-3-15-34-20/h1-10,15H,11-14,16-17H2. The molecule has 0 unspecified atom stereocenters. The quantitative estimate of drug-likeness (QED) is 0.455. The van der Waals surface area contributed by atoms with Gasteiger partial charge in [-0.3, -0.25) is 18.7 Å². The molecule has 2 aromatic carbocycles. The number of anilines is 1. The normalized spacial score (nSPS) is 14.0. The van der Waals surface area contributed by atoms with Gasteiger partial charge in [-0.15, -0.1) is 0 Å². The van der Waals surface area contributed by atoms with Gasteiger partial charge in [0.05, 0.1) is 23.7 Å². The van der Waals surface area contributed by atoms with Crippen molar-refractivity contribution < 1.29 is 13.6 Å². The zero-order chi connectivity index (χ0) is 23.7. The molecule has 1 saturated heterocycles. The summed E-state index contributed by atoms with van der Waals surface area (Å²) in [5.41, 5.74) is 0.346. The van der Waals surface area contributed by atoms with Crippen molar-refractivity contribution in [2.45, 2.75) is 13.1 Å². The van der Waals surface area contributed by atoms with E-state index in [2.05, 4.69) is 4.90 Å². The summed E-state index contributed by atoms with van der Waals surface area (Å²) in [4.78, 5) is 43.2. The third-order valence-electron chi connectivity index (χ3n) is 6.14. The Morgan fingerprint density at radius 3 is 2.32 bits per heavy atom. The molecule has 2 aromatic heterocycles. The molecule has 0 aliphatic carbocycles. The molecule has 174 valence electrons. The molecule has 1 aliphatic rings. The van der Waals surface area contributed by atoms with E-state index in [0.717, 1.165) is 10.3 Å². The Bertz CT molecular complexity index is 1430. The van der Waals surface area contributed by atoms with Crippen LogP contribution in [0.25, 0.3) is 10.9 Å². The lowest BCUT2D eigenvalue weighted by atomic mass is 10.2. The molecule has 34 heavy (non-hydrogen) atoms. The fraction of sp³-hybridized carbons (Fsp3) is 0.240. The zero-order valence-electron chi connectivity index (χ0n) is 18.4. The lowest BCUT2D eigenvalue weighted by Gasteiger charge is -2.36. The number of aromatic nitrogens is 2. The van der Waals surface area contributed by atoms with Crippen LogP contribution < -0.4 is 16.1 Å². The third-order valence-corrected chi connectivity index (χ3v) is 6.14. The smallest absolute Gasteiger partial charge is 0.332 e. The van der Waals surface area contributed by atoms with Crippen LogP contribution in [-0.4, -0.2) is 46.1 Å². The summed E-state index contributed by atoms with van der Waals surface area (Å²) < 4.78 is 21.0. The number of piperazine rings is 1. The number of furan rings is 1.